The molecule has 1 aromatic heterocycles. The van der Waals surface area contributed by atoms with Crippen molar-refractivity contribution in [3.63, 3.8) is 0 Å². The van der Waals surface area contributed by atoms with Gasteiger partial charge < -0.3 is 19.6 Å². The van der Waals surface area contributed by atoms with Gasteiger partial charge in [0.25, 0.3) is 0 Å². The smallest absolute Gasteiger partial charge is 0.162 e. The van der Waals surface area contributed by atoms with E-state index in [9.17, 15) is 0 Å². The van der Waals surface area contributed by atoms with E-state index < -0.39 is 0 Å². The van der Waals surface area contributed by atoms with Gasteiger partial charge in [0.15, 0.2) is 11.5 Å². The zero-order valence-electron chi connectivity index (χ0n) is 20.2. The largest absolute Gasteiger partial charge is 0.493 e. The lowest BCUT2D eigenvalue weighted by molar-refractivity contribution is 0.280. The molecule has 4 aromatic rings. The molecule has 35 heavy (non-hydrogen) atoms. The van der Waals surface area contributed by atoms with E-state index in [1.54, 1.807) is 7.11 Å². The SMILES string of the molecule is CCC/C=C(/NN)c1ccc(OC)c(OCc2cccc(OCc3ccc4ccccc4n3)c2)c1. The number of allylic oxidation sites excluding steroid dienone is 1. The number of pyridine rings is 1. The van der Waals surface area contributed by atoms with Crippen molar-refractivity contribution in [2.24, 2.45) is 5.84 Å². The lowest BCUT2D eigenvalue weighted by Gasteiger charge is -2.14. The van der Waals surface area contributed by atoms with Gasteiger partial charge >= 0.3 is 0 Å². The van der Waals surface area contributed by atoms with Crippen molar-refractivity contribution in [1.82, 2.24) is 10.4 Å². The average Bonchev–Trinajstić information content (AvgIpc) is 2.91. The average molecular weight is 470 g/mol. The Morgan fingerprint density at radius 3 is 2.63 bits per heavy atom. The van der Waals surface area contributed by atoms with Crippen LogP contribution in [0.4, 0.5) is 0 Å². The van der Waals surface area contributed by atoms with Crippen LogP contribution in [0.2, 0.25) is 0 Å². The fourth-order valence-corrected chi connectivity index (χ4v) is 3.74. The Morgan fingerprint density at radius 2 is 1.80 bits per heavy atom. The van der Waals surface area contributed by atoms with E-state index in [0.29, 0.717) is 24.7 Å². The first-order chi connectivity index (χ1) is 17.2. The molecule has 4 rings (SSSR count). The van der Waals surface area contributed by atoms with Gasteiger partial charge in [-0.05, 0) is 54.4 Å². The number of hydrazine groups is 1. The Morgan fingerprint density at radius 1 is 0.914 bits per heavy atom. The van der Waals surface area contributed by atoms with Crippen molar-refractivity contribution in [2.45, 2.75) is 33.0 Å². The summed E-state index contributed by atoms with van der Waals surface area (Å²) in [5.41, 5.74) is 7.41. The zero-order valence-corrected chi connectivity index (χ0v) is 20.2. The minimum absolute atomic E-state index is 0.370. The predicted molar refractivity (Wildman–Crippen MR) is 140 cm³/mol. The molecule has 0 saturated carbocycles. The number of aromatic nitrogens is 1. The molecule has 0 radical (unpaired) electrons. The van der Waals surface area contributed by atoms with Gasteiger partial charge in [0, 0.05) is 10.9 Å². The highest BCUT2D eigenvalue weighted by atomic mass is 16.5. The maximum atomic E-state index is 6.13. The summed E-state index contributed by atoms with van der Waals surface area (Å²) in [6, 6.07) is 25.8. The molecule has 0 atom stereocenters. The molecule has 0 aliphatic rings. The third-order valence-electron chi connectivity index (χ3n) is 5.60. The standard InChI is InChI=1S/C29H31N3O3/c1-3-4-11-27(32-30)23-14-16-28(33-2)29(18-23)35-19-21-8-7-10-25(17-21)34-20-24-15-13-22-9-5-6-12-26(22)31-24/h5-18,32H,3-4,19-20,30H2,1-2H3/b27-11+. The van der Waals surface area contributed by atoms with Crippen LogP contribution in [0.15, 0.2) is 84.9 Å². The molecule has 0 aliphatic carbocycles. The summed E-state index contributed by atoms with van der Waals surface area (Å²) in [5, 5.41) is 1.12. The van der Waals surface area contributed by atoms with Crippen LogP contribution in [0.25, 0.3) is 16.6 Å². The highest BCUT2D eigenvalue weighted by molar-refractivity contribution is 5.78. The summed E-state index contributed by atoms with van der Waals surface area (Å²) in [5.74, 6) is 7.81. The first kappa shape index (κ1) is 24.1. The van der Waals surface area contributed by atoms with Crippen molar-refractivity contribution in [3.05, 3.63) is 102 Å². The highest BCUT2D eigenvalue weighted by Crippen LogP contribution is 2.31. The summed E-state index contributed by atoms with van der Waals surface area (Å²) >= 11 is 0. The molecule has 0 saturated heterocycles. The minimum atomic E-state index is 0.370. The maximum Gasteiger partial charge on any atom is 0.162 e. The lowest BCUT2D eigenvalue weighted by Crippen LogP contribution is -2.20. The van der Waals surface area contributed by atoms with E-state index in [0.717, 1.165) is 52.0 Å². The van der Waals surface area contributed by atoms with Gasteiger partial charge in [-0.1, -0.05) is 55.8 Å². The van der Waals surface area contributed by atoms with Crippen LogP contribution in [-0.4, -0.2) is 12.1 Å². The molecule has 0 spiro atoms. The van der Waals surface area contributed by atoms with Crippen molar-refractivity contribution in [1.29, 1.82) is 0 Å². The highest BCUT2D eigenvalue weighted by Gasteiger charge is 2.10. The molecule has 6 heteroatoms. The van der Waals surface area contributed by atoms with Crippen LogP contribution in [-0.2, 0) is 13.2 Å². The Balaban J connectivity index is 1.43. The second-order valence-electron chi connectivity index (χ2n) is 8.14. The number of nitrogens with two attached hydrogens (primary N) is 1. The van der Waals surface area contributed by atoms with Crippen molar-refractivity contribution in [3.8, 4) is 17.2 Å². The number of hydrogen-bond donors (Lipinski definition) is 2. The van der Waals surface area contributed by atoms with E-state index in [1.807, 2.05) is 66.7 Å². The Bertz CT molecular complexity index is 1300. The fourth-order valence-electron chi connectivity index (χ4n) is 3.74. The minimum Gasteiger partial charge on any atom is -0.493 e. The van der Waals surface area contributed by atoms with Crippen LogP contribution >= 0.6 is 0 Å². The monoisotopic (exact) mass is 469 g/mol. The fraction of sp³-hybridized carbons (Fsp3) is 0.207. The van der Waals surface area contributed by atoms with Gasteiger partial charge in [0.2, 0.25) is 0 Å². The molecule has 0 bridgehead atoms. The van der Waals surface area contributed by atoms with Crippen LogP contribution in [0.5, 0.6) is 17.2 Å². The van der Waals surface area contributed by atoms with Gasteiger partial charge in [0.1, 0.15) is 19.0 Å². The third kappa shape index (κ3) is 6.31. The topological polar surface area (TPSA) is 78.6 Å². The van der Waals surface area contributed by atoms with Gasteiger partial charge in [-0.15, -0.1) is 0 Å². The molecular formula is C29H31N3O3. The van der Waals surface area contributed by atoms with Crippen LogP contribution in [0.3, 0.4) is 0 Å². The quantitative estimate of drug-likeness (QED) is 0.207. The van der Waals surface area contributed by atoms with Gasteiger partial charge in [-0.25, -0.2) is 4.98 Å². The second-order valence-corrected chi connectivity index (χ2v) is 8.14. The molecule has 0 fully saturated rings. The molecule has 6 nitrogen and oxygen atoms in total. The summed E-state index contributed by atoms with van der Waals surface area (Å²) in [6.45, 7) is 2.89. The van der Waals surface area contributed by atoms with E-state index >= 15 is 0 Å². The first-order valence-electron chi connectivity index (χ1n) is 11.7. The molecule has 1 heterocycles. The molecule has 0 unspecified atom stereocenters. The van der Waals surface area contributed by atoms with Gasteiger partial charge in [-0.2, -0.15) is 0 Å². The van der Waals surface area contributed by atoms with Gasteiger partial charge in [0.05, 0.1) is 24.0 Å². The number of para-hydroxylation sites is 1. The van der Waals surface area contributed by atoms with Crippen molar-refractivity contribution < 1.29 is 14.2 Å². The molecule has 3 N–H and O–H groups in total. The maximum absolute atomic E-state index is 6.13. The van der Waals surface area contributed by atoms with Crippen molar-refractivity contribution in [2.75, 3.05) is 7.11 Å². The van der Waals surface area contributed by atoms with Crippen LogP contribution in [0, 0.1) is 0 Å². The number of benzene rings is 3. The second kappa shape index (κ2) is 11.9. The van der Waals surface area contributed by atoms with E-state index in [2.05, 4.69) is 35.5 Å². The number of methoxy groups -OCH3 is 1. The summed E-state index contributed by atoms with van der Waals surface area (Å²) in [6.07, 6.45) is 4.06. The Hall–Kier alpha value is -4.03. The number of unbranched alkanes of at least 4 members (excludes halogenated alkanes) is 1. The molecule has 0 amide bonds. The first-order valence-corrected chi connectivity index (χ1v) is 11.7. The molecule has 0 aliphatic heterocycles. The number of hydrogen-bond acceptors (Lipinski definition) is 6. The molecule has 180 valence electrons. The van der Waals surface area contributed by atoms with E-state index in [1.165, 1.54) is 0 Å². The molecule has 3 aromatic carbocycles. The van der Waals surface area contributed by atoms with E-state index in [4.69, 9.17) is 20.1 Å². The Kier molecular flexibility index (Phi) is 8.20. The third-order valence-corrected chi connectivity index (χ3v) is 5.60. The predicted octanol–water partition coefficient (Wildman–Crippen LogP) is 6.01. The number of rotatable bonds is 11. The summed E-state index contributed by atoms with van der Waals surface area (Å²) in [7, 11) is 1.63. The molecular weight excluding hydrogens is 438 g/mol. The normalized spacial score (nSPS) is 11.3. The van der Waals surface area contributed by atoms with Crippen LogP contribution in [0.1, 0.15) is 36.6 Å². The van der Waals surface area contributed by atoms with Crippen LogP contribution < -0.4 is 25.5 Å². The number of fused-ring (bicyclic) bond motifs is 1. The zero-order chi connectivity index (χ0) is 24.5. The number of ether oxygens (including phenoxy) is 3. The summed E-state index contributed by atoms with van der Waals surface area (Å²) in [4.78, 5) is 4.67. The summed E-state index contributed by atoms with van der Waals surface area (Å²) < 4.78 is 17.6. The number of nitrogens with zero attached hydrogens (tertiary/aromatic N) is 1. The van der Waals surface area contributed by atoms with E-state index in [-0.39, 0.29) is 0 Å². The Labute approximate surface area is 206 Å². The van der Waals surface area contributed by atoms with Gasteiger partial charge in [-0.3, -0.25) is 5.84 Å². The van der Waals surface area contributed by atoms with Crippen molar-refractivity contribution >= 4 is 16.6 Å². The lowest BCUT2D eigenvalue weighted by atomic mass is 10.1. The number of nitrogens with one attached hydrogen (secondary N) is 1.